The molecule has 0 spiro atoms. The second-order valence-corrected chi connectivity index (χ2v) is 6.30. The molecule has 2 N–H and O–H groups in total. The summed E-state index contributed by atoms with van der Waals surface area (Å²) in [5.74, 6) is 4.05. The predicted molar refractivity (Wildman–Crippen MR) is 81.0 cm³/mol. The van der Waals surface area contributed by atoms with E-state index >= 15 is 0 Å². The predicted octanol–water partition coefficient (Wildman–Crippen LogP) is 2.38. The maximum Gasteiger partial charge on any atom is 0.124 e. The van der Waals surface area contributed by atoms with E-state index in [1.807, 2.05) is 36.9 Å². The second kappa shape index (κ2) is 7.17. The molecule has 1 fully saturated rings. The Morgan fingerprint density at radius 2 is 2.37 bits per heavy atom. The Morgan fingerprint density at radius 1 is 1.53 bits per heavy atom. The van der Waals surface area contributed by atoms with E-state index in [0.29, 0.717) is 6.54 Å². The van der Waals surface area contributed by atoms with Crippen molar-refractivity contribution >= 4 is 11.8 Å². The first-order valence-corrected chi connectivity index (χ1v) is 7.97. The number of aryl methyl sites for hydroxylation is 1. The molecule has 0 bridgehead atoms. The third-order valence-corrected chi connectivity index (χ3v) is 4.77. The summed E-state index contributed by atoms with van der Waals surface area (Å²) >= 11 is 2.02. The molecule has 2 rings (SSSR count). The molecule has 3 nitrogen and oxygen atoms in total. The molecule has 0 saturated carbocycles. The molecule has 1 aromatic carbocycles. The fourth-order valence-corrected chi connectivity index (χ4v) is 3.68. The molecule has 1 aliphatic heterocycles. The molecule has 1 heterocycles. The van der Waals surface area contributed by atoms with E-state index < -0.39 is 6.10 Å². The highest BCUT2D eigenvalue weighted by Crippen LogP contribution is 2.26. The Balaban J connectivity index is 1.87. The number of hydrogen-bond donors (Lipinski definition) is 2. The molecule has 2 unspecified atom stereocenters. The van der Waals surface area contributed by atoms with Gasteiger partial charge in [0.25, 0.3) is 0 Å². The summed E-state index contributed by atoms with van der Waals surface area (Å²) in [7, 11) is 1.64. The Bertz CT molecular complexity index is 405. The molecule has 19 heavy (non-hydrogen) atoms. The highest BCUT2D eigenvalue weighted by atomic mass is 32.2. The van der Waals surface area contributed by atoms with Crippen molar-refractivity contribution < 1.29 is 9.84 Å². The van der Waals surface area contributed by atoms with E-state index in [2.05, 4.69) is 5.32 Å². The molecule has 4 heteroatoms. The van der Waals surface area contributed by atoms with Crippen molar-refractivity contribution in [1.82, 2.24) is 5.32 Å². The van der Waals surface area contributed by atoms with Crippen LogP contribution in [0.2, 0.25) is 0 Å². The van der Waals surface area contributed by atoms with Crippen molar-refractivity contribution in [2.45, 2.75) is 19.4 Å². The molecule has 1 saturated heterocycles. The van der Waals surface area contributed by atoms with Crippen LogP contribution in [-0.2, 0) is 0 Å². The van der Waals surface area contributed by atoms with E-state index in [4.69, 9.17) is 4.74 Å². The first-order chi connectivity index (χ1) is 9.20. The Kier molecular flexibility index (Phi) is 5.55. The summed E-state index contributed by atoms with van der Waals surface area (Å²) in [5.41, 5.74) is 2.01. The van der Waals surface area contributed by atoms with E-state index in [9.17, 15) is 5.11 Å². The third kappa shape index (κ3) is 4.13. The van der Waals surface area contributed by atoms with Gasteiger partial charge in [0, 0.05) is 12.1 Å². The average molecular weight is 281 g/mol. The monoisotopic (exact) mass is 281 g/mol. The zero-order chi connectivity index (χ0) is 13.7. The summed E-state index contributed by atoms with van der Waals surface area (Å²) in [5, 5.41) is 13.7. The van der Waals surface area contributed by atoms with Crippen LogP contribution >= 0.6 is 11.8 Å². The number of benzene rings is 1. The van der Waals surface area contributed by atoms with Crippen molar-refractivity contribution in [3.63, 3.8) is 0 Å². The van der Waals surface area contributed by atoms with Crippen LogP contribution in [0.1, 0.15) is 23.7 Å². The Morgan fingerprint density at radius 3 is 3.05 bits per heavy atom. The number of aliphatic hydroxyl groups is 1. The van der Waals surface area contributed by atoms with E-state index in [-0.39, 0.29) is 0 Å². The highest BCUT2D eigenvalue weighted by molar-refractivity contribution is 7.99. The molecule has 1 aliphatic rings. The van der Waals surface area contributed by atoms with Crippen LogP contribution in [0, 0.1) is 12.8 Å². The van der Waals surface area contributed by atoms with Crippen LogP contribution in [0.4, 0.5) is 0 Å². The van der Waals surface area contributed by atoms with Gasteiger partial charge >= 0.3 is 0 Å². The largest absolute Gasteiger partial charge is 0.496 e. The number of nitrogens with one attached hydrogen (secondary N) is 1. The van der Waals surface area contributed by atoms with Gasteiger partial charge in [-0.05, 0) is 49.4 Å². The molecule has 106 valence electrons. The van der Waals surface area contributed by atoms with Gasteiger partial charge in [0.1, 0.15) is 5.75 Å². The van der Waals surface area contributed by atoms with E-state index in [0.717, 1.165) is 29.3 Å². The Hall–Kier alpha value is -0.710. The lowest BCUT2D eigenvalue weighted by Crippen LogP contribution is -2.27. The molecule has 0 aromatic heterocycles. The second-order valence-electron chi connectivity index (χ2n) is 5.15. The molecule has 1 aromatic rings. The smallest absolute Gasteiger partial charge is 0.124 e. The van der Waals surface area contributed by atoms with Gasteiger partial charge in [0.05, 0.1) is 13.2 Å². The van der Waals surface area contributed by atoms with Crippen LogP contribution < -0.4 is 10.1 Å². The quantitative estimate of drug-likeness (QED) is 0.840. The summed E-state index contributed by atoms with van der Waals surface area (Å²) < 4.78 is 5.31. The number of ether oxygens (including phenoxy) is 1. The number of thioether (sulfide) groups is 1. The maximum absolute atomic E-state index is 10.3. The van der Waals surface area contributed by atoms with Gasteiger partial charge in [-0.3, -0.25) is 0 Å². The summed E-state index contributed by atoms with van der Waals surface area (Å²) in [6, 6.07) is 5.91. The molecule has 0 radical (unpaired) electrons. The van der Waals surface area contributed by atoms with Crippen molar-refractivity contribution in [2.75, 3.05) is 31.7 Å². The normalized spacial score (nSPS) is 20.5. The molecule has 2 atom stereocenters. The summed E-state index contributed by atoms with van der Waals surface area (Å²) in [6.45, 7) is 3.61. The molecular formula is C15H23NO2S. The van der Waals surface area contributed by atoms with Crippen LogP contribution in [0.25, 0.3) is 0 Å². The van der Waals surface area contributed by atoms with Gasteiger partial charge in [-0.2, -0.15) is 11.8 Å². The minimum absolute atomic E-state index is 0.510. The summed E-state index contributed by atoms with van der Waals surface area (Å²) in [4.78, 5) is 0. The Labute approximate surface area is 119 Å². The van der Waals surface area contributed by atoms with Crippen LogP contribution in [0.3, 0.4) is 0 Å². The number of rotatable bonds is 6. The number of aliphatic hydroxyl groups excluding tert-OH is 1. The number of methoxy groups -OCH3 is 1. The molecular weight excluding hydrogens is 258 g/mol. The number of hydrogen-bond acceptors (Lipinski definition) is 4. The van der Waals surface area contributed by atoms with E-state index in [1.54, 1.807) is 7.11 Å². The van der Waals surface area contributed by atoms with Crippen LogP contribution in [-0.4, -0.2) is 36.8 Å². The SMILES string of the molecule is COc1ccc(C)cc1C(O)CNCC1CCSC1. The first-order valence-electron chi connectivity index (χ1n) is 6.81. The zero-order valence-corrected chi connectivity index (χ0v) is 12.5. The van der Waals surface area contributed by atoms with Gasteiger partial charge in [0.15, 0.2) is 0 Å². The van der Waals surface area contributed by atoms with Crippen molar-refractivity contribution in [1.29, 1.82) is 0 Å². The average Bonchev–Trinajstić information content (AvgIpc) is 2.91. The first kappa shape index (κ1) is 14.7. The lowest BCUT2D eigenvalue weighted by atomic mass is 10.0. The third-order valence-electron chi connectivity index (χ3n) is 3.54. The summed E-state index contributed by atoms with van der Waals surface area (Å²) in [6.07, 6.45) is 0.783. The van der Waals surface area contributed by atoms with Gasteiger partial charge in [-0.1, -0.05) is 11.6 Å². The highest BCUT2D eigenvalue weighted by Gasteiger charge is 2.17. The van der Waals surface area contributed by atoms with E-state index in [1.165, 1.54) is 17.9 Å². The van der Waals surface area contributed by atoms with Crippen molar-refractivity contribution in [3.05, 3.63) is 29.3 Å². The molecule has 0 amide bonds. The van der Waals surface area contributed by atoms with Crippen LogP contribution in [0.5, 0.6) is 5.75 Å². The fraction of sp³-hybridized carbons (Fsp3) is 0.600. The fourth-order valence-electron chi connectivity index (χ4n) is 2.39. The maximum atomic E-state index is 10.3. The van der Waals surface area contributed by atoms with Gasteiger partial charge < -0.3 is 15.2 Å². The van der Waals surface area contributed by atoms with Crippen LogP contribution in [0.15, 0.2) is 18.2 Å². The van der Waals surface area contributed by atoms with Gasteiger partial charge in [0.2, 0.25) is 0 Å². The van der Waals surface area contributed by atoms with Crippen molar-refractivity contribution in [2.24, 2.45) is 5.92 Å². The van der Waals surface area contributed by atoms with Gasteiger partial charge in [-0.15, -0.1) is 0 Å². The molecule has 0 aliphatic carbocycles. The van der Waals surface area contributed by atoms with Crippen molar-refractivity contribution in [3.8, 4) is 5.75 Å². The van der Waals surface area contributed by atoms with Gasteiger partial charge in [-0.25, -0.2) is 0 Å². The lowest BCUT2D eigenvalue weighted by Gasteiger charge is -2.17. The minimum atomic E-state index is -0.510. The zero-order valence-electron chi connectivity index (χ0n) is 11.7. The minimum Gasteiger partial charge on any atom is -0.496 e. The topological polar surface area (TPSA) is 41.5 Å². The standard InChI is InChI=1S/C15H23NO2S/c1-11-3-4-15(18-2)13(7-11)14(17)9-16-8-12-5-6-19-10-12/h3-4,7,12,14,16-17H,5-6,8-10H2,1-2H3. The lowest BCUT2D eigenvalue weighted by molar-refractivity contribution is 0.169.